The van der Waals surface area contributed by atoms with Crippen molar-refractivity contribution in [3.8, 4) is 5.75 Å². The molecule has 0 aliphatic heterocycles. The Morgan fingerprint density at radius 3 is 2.23 bits per heavy atom. The van der Waals surface area contributed by atoms with Crippen molar-refractivity contribution in [3.05, 3.63) is 94.0 Å². The van der Waals surface area contributed by atoms with Crippen LogP contribution in [0.1, 0.15) is 44.7 Å². The molecule has 3 aromatic rings. The van der Waals surface area contributed by atoms with Gasteiger partial charge in [-0.05, 0) is 62.6 Å². The molecule has 0 aliphatic carbocycles. The smallest absolute Gasteiger partial charge is 0.243 e. The lowest BCUT2D eigenvalue weighted by Crippen LogP contribution is -2.51. The fourth-order valence-corrected chi connectivity index (χ4v) is 5.98. The topological polar surface area (TPSA) is 96.0 Å². The van der Waals surface area contributed by atoms with E-state index in [1.165, 1.54) is 4.31 Å². The van der Waals surface area contributed by atoms with Gasteiger partial charge >= 0.3 is 0 Å². The van der Waals surface area contributed by atoms with Crippen LogP contribution in [-0.4, -0.2) is 56.6 Å². The Labute approximate surface area is 265 Å². The van der Waals surface area contributed by atoms with Gasteiger partial charge in [-0.2, -0.15) is 0 Å². The standard InChI is InChI=1S/C32H39Cl2N3O5S/c1-5-42-30-15-10-9-14-28(30)37(43(4,40)41)19-11-16-31(38)36(22-25-17-18-26(33)27(34)20-25)29(32(39)35-23(2)3)21-24-12-7-6-8-13-24/h6-10,12-15,17-18,20,23,29H,5,11,16,19,21-22H2,1-4H3,(H,35,39)/t29-/m0/s1. The van der Waals surface area contributed by atoms with E-state index in [2.05, 4.69) is 5.32 Å². The summed E-state index contributed by atoms with van der Waals surface area (Å²) in [6, 6.07) is 20.5. The summed E-state index contributed by atoms with van der Waals surface area (Å²) in [6.45, 7) is 6.09. The second kappa shape index (κ2) is 16.0. The number of nitrogens with zero attached hydrogens (tertiary/aromatic N) is 2. The molecule has 43 heavy (non-hydrogen) atoms. The van der Waals surface area contributed by atoms with Crippen LogP contribution >= 0.6 is 23.2 Å². The molecule has 0 saturated carbocycles. The summed E-state index contributed by atoms with van der Waals surface area (Å²) in [7, 11) is -3.68. The number of hydrogen-bond donors (Lipinski definition) is 1. The van der Waals surface area contributed by atoms with Crippen LogP contribution in [0.3, 0.4) is 0 Å². The average molecular weight is 649 g/mol. The van der Waals surface area contributed by atoms with E-state index in [0.29, 0.717) is 40.1 Å². The van der Waals surface area contributed by atoms with Crippen LogP contribution in [0, 0.1) is 0 Å². The Bertz CT molecular complexity index is 1490. The highest BCUT2D eigenvalue weighted by Crippen LogP contribution is 2.30. The fourth-order valence-electron chi connectivity index (χ4n) is 4.69. The predicted octanol–water partition coefficient (Wildman–Crippen LogP) is 6.10. The molecule has 0 aliphatic rings. The number of halogens is 2. The maximum atomic E-state index is 14.0. The van der Waals surface area contributed by atoms with E-state index in [1.54, 1.807) is 47.4 Å². The quantitative estimate of drug-likeness (QED) is 0.215. The van der Waals surface area contributed by atoms with Crippen molar-refractivity contribution >= 4 is 50.7 Å². The molecule has 11 heteroatoms. The molecule has 1 N–H and O–H groups in total. The Morgan fingerprint density at radius 1 is 0.930 bits per heavy atom. The molecule has 0 aromatic heterocycles. The number of carbonyl (C=O) groups is 2. The van der Waals surface area contributed by atoms with Gasteiger partial charge in [-0.1, -0.05) is 71.7 Å². The Hall–Kier alpha value is -3.27. The van der Waals surface area contributed by atoms with E-state index in [0.717, 1.165) is 11.8 Å². The molecule has 0 saturated heterocycles. The van der Waals surface area contributed by atoms with E-state index in [4.69, 9.17) is 27.9 Å². The van der Waals surface area contributed by atoms with Crippen molar-refractivity contribution < 1.29 is 22.7 Å². The van der Waals surface area contributed by atoms with Crippen LogP contribution in [0.2, 0.25) is 10.0 Å². The molecule has 3 aromatic carbocycles. The Kier molecular flexibility index (Phi) is 12.7. The number of benzene rings is 3. The van der Waals surface area contributed by atoms with Gasteiger partial charge in [0.15, 0.2) is 0 Å². The van der Waals surface area contributed by atoms with E-state index >= 15 is 0 Å². The maximum absolute atomic E-state index is 14.0. The normalized spacial score (nSPS) is 12.1. The zero-order chi connectivity index (χ0) is 31.6. The third-order valence-corrected chi connectivity index (χ3v) is 8.54. The monoisotopic (exact) mass is 647 g/mol. The summed E-state index contributed by atoms with van der Waals surface area (Å²) >= 11 is 12.4. The minimum atomic E-state index is -3.68. The molecule has 0 radical (unpaired) electrons. The molecule has 1 atom stereocenters. The minimum absolute atomic E-state index is 0.00436. The Morgan fingerprint density at radius 2 is 1.60 bits per heavy atom. The molecule has 232 valence electrons. The van der Waals surface area contributed by atoms with Gasteiger partial charge in [-0.15, -0.1) is 0 Å². The lowest BCUT2D eigenvalue weighted by atomic mass is 10.0. The van der Waals surface area contributed by atoms with Gasteiger partial charge in [-0.25, -0.2) is 8.42 Å². The van der Waals surface area contributed by atoms with Crippen molar-refractivity contribution in [2.45, 2.75) is 58.7 Å². The van der Waals surface area contributed by atoms with Gasteiger partial charge < -0.3 is 15.0 Å². The summed E-state index contributed by atoms with van der Waals surface area (Å²) in [4.78, 5) is 29.1. The number of ether oxygens (including phenoxy) is 1. The number of hydrogen-bond acceptors (Lipinski definition) is 5. The first-order valence-corrected chi connectivity index (χ1v) is 16.8. The van der Waals surface area contributed by atoms with Gasteiger partial charge in [0.2, 0.25) is 21.8 Å². The number of nitrogens with one attached hydrogen (secondary N) is 1. The second-order valence-corrected chi connectivity index (χ2v) is 13.2. The van der Waals surface area contributed by atoms with Crippen molar-refractivity contribution in [2.24, 2.45) is 0 Å². The van der Waals surface area contributed by atoms with Crippen LogP contribution in [0.4, 0.5) is 5.69 Å². The summed E-state index contributed by atoms with van der Waals surface area (Å²) in [6.07, 6.45) is 1.64. The number of anilines is 1. The largest absolute Gasteiger partial charge is 0.492 e. The fraction of sp³-hybridized carbons (Fsp3) is 0.375. The summed E-state index contributed by atoms with van der Waals surface area (Å²) in [5.74, 6) is -0.135. The van der Waals surface area contributed by atoms with E-state index < -0.39 is 16.1 Å². The second-order valence-electron chi connectivity index (χ2n) is 10.5. The van der Waals surface area contributed by atoms with Gasteiger partial charge in [0, 0.05) is 32.0 Å². The lowest BCUT2D eigenvalue weighted by molar-refractivity contribution is -0.141. The maximum Gasteiger partial charge on any atom is 0.243 e. The van der Waals surface area contributed by atoms with Crippen LogP contribution in [0.5, 0.6) is 5.75 Å². The molecule has 0 unspecified atom stereocenters. The Balaban J connectivity index is 1.92. The summed E-state index contributed by atoms with van der Waals surface area (Å²) in [5, 5.41) is 3.68. The van der Waals surface area contributed by atoms with Crippen LogP contribution < -0.4 is 14.4 Å². The molecule has 2 amide bonds. The highest BCUT2D eigenvalue weighted by atomic mass is 35.5. The zero-order valence-electron chi connectivity index (χ0n) is 24.9. The van der Waals surface area contributed by atoms with E-state index in [9.17, 15) is 18.0 Å². The highest BCUT2D eigenvalue weighted by Gasteiger charge is 2.31. The van der Waals surface area contributed by atoms with Crippen molar-refractivity contribution in [3.63, 3.8) is 0 Å². The molecule has 0 bridgehead atoms. The molecule has 0 fully saturated rings. The number of amides is 2. The molecule has 0 spiro atoms. The van der Waals surface area contributed by atoms with Crippen LogP contribution in [0.25, 0.3) is 0 Å². The molecular formula is C32H39Cl2N3O5S. The van der Waals surface area contributed by atoms with Gasteiger partial charge in [-0.3, -0.25) is 13.9 Å². The zero-order valence-corrected chi connectivity index (χ0v) is 27.3. The molecule has 8 nitrogen and oxygen atoms in total. The van der Waals surface area contributed by atoms with Crippen molar-refractivity contribution in [1.29, 1.82) is 0 Å². The predicted molar refractivity (Wildman–Crippen MR) is 173 cm³/mol. The first-order chi connectivity index (χ1) is 20.4. The third kappa shape index (κ3) is 10.2. The highest BCUT2D eigenvalue weighted by molar-refractivity contribution is 7.92. The first kappa shape index (κ1) is 34.2. The van der Waals surface area contributed by atoms with E-state index in [1.807, 2.05) is 51.1 Å². The first-order valence-electron chi connectivity index (χ1n) is 14.2. The van der Waals surface area contributed by atoms with Gasteiger partial charge in [0.1, 0.15) is 11.8 Å². The van der Waals surface area contributed by atoms with Crippen molar-refractivity contribution in [2.75, 3.05) is 23.7 Å². The van der Waals surface area contributed by atoms with Crippen LogP contribution in [0.15, 0.2) is 72.8 Å². The van der Waals surface area contributed by atoms with Gasteiger partial charge in [0.25, 0.3) is 0 Å². The summed E-state index contributed by atoms with van der Waals surface area (Å²) in [5.41, 5.74) is 2.01. The third-order valence-electron chi connectivity index (χ3n) is 6.62. The summed E-state index contributed by atoms with van der Waals surface area (Å²) < 4.78 is 32.5. The molecular weight excluding hydrogens is 609 g/mol. The number of para-hydroxylation sites is 2. The number of carbonyl (C=O) groups excluding carboxylic acids is 2. The minimum Gasteiger partial charge on any atom is -0.492 e. The SMILES string of the molecule is CCOc1ccccc1N(CCCC(=O)N(Cc1ccc(Cl)c(Cl)c1)[C@@H](Cc1ccccc1)C(=O)NC(C)C)S(C)(=O)=O. The van der Waals surface area contributed by atoms with Gasteiger partial charge in [0.05, 0.1) is 28.6 Å². The lowest BCUT2D eigenvalue weighted by Gasteiger charge is -2.32. The molecule has 0 heterocycles. The average Bonchev–Trinajstić information content (AvgIpc) is 2.95. The number of sulfonamides is 1. The van der Waals surface area contributed by atoms with Crippen LogP contribution in [-0.2, 0) is 32.6 Å². The molecule has 3 rings (SSSR count). The van der Waals surface area contributed by atoms with Crippen molar-refractivity contribution in [1.82, 2.24) is 10.2 Å². The number of rotatable bonds is 15. The van der Waals surface area contributed by atoms with E-state index in [-0.39, 0.29) is 43.8 Å².